The highest BCUT2D eigenvalue weighted by Crippen LogP contribution is 2.43. The van der Waals surface area contributed by atoms with E-state index in [1.165, 1.54) is 0 Å². The molecule has 0 aromatic heterocycles. The number of allylic oxidation sites excluding steroid dienone is 1. The standard InChI is InChI=1S/C15H18O4/c1-5-19-15(16)11-8-12-10(9(11)2)6-7-13(17-3)14(12)18-4/h6-7H,5,8H2,1-4H3. The van der Waals surface area contributed by atoms with Crippen LogP contribution in [0.2, 0.25) is 0 Å². The molecule has 1 aromatic rings. The summed E-state index contributed by atoms with van der Waals surface area (Å²) < 4.78 is 15.8. The van der Waals surface area contributed by atoms with Gasteiger partial charge in [0.15, 0.2) is 11.5 Å². The normalized spacial score (nSPS) is 13.3. The fourth-order valence-electron chi connectivity index (χ4n) is 2.43. The number of carbonyl (C=O) groups excluding carboxylic acids is 1. The maximum atomic E-state index is 11.9. The van der Waals surface area contributed by atoms with Gasteiger partial charge in [-0.1, -0.05) is 6.07 Å². The van der Waals surface area contributed by atoms with E-state index in [1.54, 1.807) is 21.1 Å². The second-order valence-electron chi connectivity index (χ2n) is 4.33. The predicted octanol–water partition coefficient (Wildman–Crippen LogP) is 2.60. The molecule has 0 unspecified atom stereocenters. The summed E-state index contributed by atoms with van der Waals surface area (Å²) in [5, 5.41) is 0. The second-order valence-corrected chi connectivity index (χ2v) is 4.33. The summed E-state index contributed by atoms with van der Waals surface area (Å²) in [5.41, 5.74) is 3.67. The summed E-state index contributed by atoms with van der Waals surface area (Å²) in [6.07, 6.45) is 0.528. The van der Waals surface area contributed by atoms with E-state index >= 15 is 0 Å². The van der Waals surface area contributed by atoms with Crippen LogP contribution in [0, 0.1) is 0 Å². The van der Waals surface area contributed by atoms with Crippen LogP contribution < -0.4 is 9.47 Å². The van der Waals surface area contributed by atoms with Gasteiger partial charge in [0.05, 0.1) is 20.8 Å². The van der Waals surface area contributed by atoms with Crippen molar-refractivity contribution in [2.45, 2.75) is 20.3 Å². The number of fused-ring (bicyclic) bond motifs is 1. The molecule has 1 aliphatic rings. The van der Waals surface area contributed by atoms with Crippen molar-refractivity contribution in [2.75, 3.05) is 20.8 Å². The predicted molar refractivity (Wildman–Crippen MR) is 72.5 cm³/mol. The largest absolute Gasteiger partial charge is 0.493 e. The molecule has 0 spiro atoms. The number of esters is 1. The zero-order valence-corrected chi connectivity index (χ0v) is 11.7. The van der Waals surface area contributed by atoms with E-state index in [0.29, 0.717) is 30.1 Å². The van der Waals surface area contributed by atoms with Gasteiger partial charge in [-0.15, -0.1) is 0 Å². The molecule has 0 radical (unpaired) electrons. The zero-order chi connectivity index (χ0) is 14.0. The quantitative estimate of drug-likeness (QED) is 0.782. The van der Waals surface area contributed by atoms with Gasteiger partial charge in [0.2, 0.25) is 0 Å². The van der Waals surface area contributed by atoms with E-state index in [9.17, 15) is 4.79 Å². The molecule has 0 heterocycles. The van der Waals surface area contributed by atoms with Crippen LogP contribution in [-0.2, 0) is 16.0 Å². The van der Waals surface area contributed by atoms with Crippen LogP contribution in [0.25, 0.3) is 5.57 Å². The van der Waals surface area contributed by atoms with Gasteiger partial charge in [0, 0.05) is 17.6 Å². The van der Waals surface area contributed by atoms with Crippen LogP contribution in [0.1, 0.15) is 25.0 Å². The first-order chi connectivity index (χ1) is 9.13. The van der Waals surface area contributed by atoms with Crippen molar-refractivity contribution < 1.29 is 19.0 Å². The minimum Gasteiger partial charge on any atom is -0.493 e. The van der Waals surface area contributed by atoms with E-state index < -0.39 is 0 Å². The van der Waals surface area contributed by atoms with Crippen molar-refractivity contribution in [3.8, 4) is 11.5 Å². The Morgan fingerprint density at radius 2 is 2.00 bits per heavy atom. The Kier molecular flexibility index (Phi) is 3.79. The smallest absolute Gasteiger partial charge is 0.334 e. The summed E-state index contributed by atoms with van der Waals surface area (Å²) in [4.78, 5) is 11.9. The van der Waals surface area contributed by atoms with E-state index in [2.05, 4.69) is 0 Å². The number of rotatable bonds is 4. The minimum atomic E-state index is -0.253. The van der Waals surface area contributed by atoms with Crippen LogP contribution in [0.3, 0.4) is 0 Å². The maximum Gasteiger partial charge on any atom is 0.334 e. The van der Waals surface area contributed by atoms with Gasteiger partial charge >= 0.3 is 5.97 Å². The van der Waals surface area contributed by atoms with Crippen molar-refractivity contribution in [2.24, 2.45) is 0 Å². The number of hydrogen-bond acceptors (Lipinski definition) is 4. The SMILES string of the molecule is CCOC(=O)C1=C(C)c2ccc(OC)c(OC)c2C1. The van der Waals surface area contributed by atoms with Crippen molar-refractivity contribution >= 4 is 11.5 Å². The van der Waals surface area contributed by atoms with E-state index in [-0.39, 0.29) is 5.97 Å². The molecule has 0 N–H and O–H groups in total. The first kappa shape index (κ1) is 13.5. The Morgan fingerprint density at radius 3 is 2.58 bits per heavy atom. The van der Waals surface area contributed by atoms with Crippen LogP contribution in [0.15, 0.2) is 17.7 Å². The van der Waals surface area contributed by atoms with Gasteiger partial charge in [-0.05, 0) is 31.1 Å². The van der Waals surface area contributed by atoms with Gasteiger partial charge in [0.1, 0.15) is 0 Å². The third kappa shape index (κ3) is 2.18. The van der Waals surface area contributed by atoms with Gasteiger partial charge in [-0.3, -0.25) is 0 Å². The maximum absolute atomic E-state index is 11.9. The molecule has 0 saturated carbocycles. The fraction of sp³-hybridized carbons (Fsp3) is 0.400. The third-order valence-electron chi connectivity index (χ3n) is 3.38. The van der Waals surface area contributed by atoms with E-state index in [4.69, 9.17) is 14.2 Å². The van der Waals surface area contributed by atoms with Gasteiger partial charge in [-0.2, -0.15) is 0 Å². The molecule has 1 aliphatic carbocycles. The summed E-state index contributed by atoms with van der Waals surface area (Å²) >= 11 is 0. The lowest BCUT2D eigenvalue weighted by Gasteiger charge is -2.12. The summed E-state index contributed by atoms with van der Waals surface area (Å²) in [6, 6.07) is 3.81. The number of carbonyl (C=O) groups is 1. The lowest BCUT2D eigenvalue weighted by atomic mass is 10.1. The first-order valence-electron chi connectivity index (χ1n) is 6.25. The van der Waals surface area contributed by atoms with Crippen LogP contribution in [0.5, 0.6) is 11.5 Å². The molecule has 4 nitrogen and oxygen atoms in total. The van der Waals surface area contributed by atoms with Gasteiger partial charge in [-0.25, -0.2) is 4.79 Å². The molecule has 4 heteroatoms. The van der Waals surface area contributed by atoms with Crippen LogP contribution >= 0.6 is 0 Å². The molecule has 0 bridgehead atoms. The molecule has 0 amide bonds. The van der Waals surface area contributed by atoms with Crippen molar-refractivity contribution in [1.82, 2.24) is 0 Å². The summed E-state index contributed by atoms with van der Waals surface area (Å²) in [5.74, 6) is 1.12. The van der Waals surface area contributed by atoms with E-state index in [0.717, 1.165) is 16.7 Å². The second kappa shape index (κ2) is 5.34. The third-order valence-corrected chi connectivity index (χ3v) is 3.38. The average molecular weight is 262 g/mol. The fourth-order valence-corrected chi connectivity index (χ4v) is 2.43. The topological polar surface area (TPSA) is 44.8 Å². The van der Waals surface area contributed by atoms with Crippen LogP contribution in [-0.4, -0.2) is 26.8 Å². The monoisotopic (exact) mass is 262 g/mol. The number of benzene rings is 1. The van der Waals surface area contributed by atoms with Crippen molar-refractivity contribution in [1.29, 1.82) is 0 Å². The minimum absolute atomic E-state index is 0.253. The molecule has 102 valence electrons. The molecular formula is C15H18O4. The highest BCUT2D eigenvalue weighted by molar-refractivity contribution is 6.01. The van der Waals surface area contributed by atoms with Gasteiger partial charge < -0.3 is 14.2 Å². The first-order valence-corrected chi connectivity index (χ1v) is 6.25. The average Bonchev–Trinajstić information content (AvgIpc) is 2.75. The Morgan fingerprint density at radius 1 is 1.26 bits per heavy atom. The lowest BCUT2D eigenvalue weighted by molar-refractivity contribution is -0.138. The molecule has 2 rings (SSSR count). The molecule has 1 aromatic carbocycles. The molecule has 0 aliphatic heterocycles. The highest BCUT2D eigenvalue weighted by atomic mass is 16.5. The molecule has 0 saturated heterocycles. The van der Waals surface area contributed by atoms with E-state index in [1.807, 2.05) is 19.1 Å². The summed E-state index contributed by atoms with van der Waals surface area (Å²) in [6.45, 7) is 4.12. The highest BCUT2D eigenvalue weighted by Gasteiger charge is 2.28. The van der Waals surface area contributed by atoms with Crippen LogP contribution in [0.4, 0.5) is 0 Å². The molecule has 19 heavy (non-hydrogen) atoms. The lowest BCUT2D eigenvalue weighted by Crippen LogP contribution is -2.08. The molecule has 0 atom stereocenters. The Labute approximate surface area is 113 Å². The summed E-state index contributed by atoms with van der Waals surface area (Å²) in [7, 11) is 3.21. The number of hydrogen-bond donors (Lipinski definition) is 0. The Hall–Kier alpha value is -1.97. The van der Waals surface area contributed by atoms with Crippen molar-refractivity contribution in [3.63, 3.8) is 0 Å². The molecule has 0 fully saturated rings. The zero-order valence-electron chi connectivity index (χ0n) is 11.7. The Bertz CT molecular complexity index is 543. The Balaban J connectivity index is 2.44. The number of ether oxygens (including phenoxy) is 3. The number of methoxy groups -OCH3 is 2. The molecular weight excluding hydrogens is 244 g/mol. The van der Waals surface area contributed by atoms with Crippen molar-refractivity contribution in [3.05, 3.63) is 28.8 Å². The van der Waals surface area contributed by atoms with Gasteiger partial charge in [0.25, 0.3) is 0 Å².